The molecule has 0 N–H and O–H groups in total. The van der Waals surface area contributed by atoms with E-state index in [-0.39, 0.29) is 0 Å². The molecule has 0 unspecified atom stereocenters. The molecule has 0 heterocycles. The van der Waals surface area contributed by atoms with E-state index in [9.17, 15) is 0 Å². The molecule has 0 atom stereocenters. The minimum absolute atomic E-state index is 0.993. The molecule has 0 spiro atoms. The lowest BCUT2D eigenvalue weighted by atomic mass is 10.1. The van der Waals surface area contributed by atoms with Crippen LogP contribution in [0.2, 0.25) is 0 Å². The highest BCUT2D eigenvalue weighted by Gasteiger charge is 1.88. The van der Waals surface area contributed by atoms with Gasteiger partial charge < -0.3 is 0 Å². The van der Waals surface area contributed by atoms with Crippen LogP contribution in [0.15, 0.2) is 36.0 Å². The predicted molar refractivity (Wildman–Crippen MR) is 48.0 cm³/mol. The number of allylic oxidation sites excluding steroid dienone is 4. The second-order valence-electron chi connectivity index (χ2n) is 2.97. The standard InChI is InChI=1S/C10H16/c1-8(2)6-10(5)7-9(3)4/h6H,1,3,7H2,2,4-5H3/b10-6+. The maximum atomic E-state index is 3.83. The second kappa shape index (κ2) is 4.10. The second-order valence-corrected chi connectivity index (χ2v) is 2.97. The van der Waals surface area contributed by atoms with Gasteiger partial charge in [0, 0.05) is 0 Å². The van der Waals surface area contributed by atoms with E-state index in [1.807, 2.05) is 13.8 Å². The Hall–Kier alpha value is -0.780. The fourth-order valence-electron chi connectivity index (χ4n) is 0.948. The summed E-state index contributed by atoms with van der Waals surface area (Å²) in [6.45, 7) is 13.8. The van der Waals surface area contributed by atoms with Gasteiger partial charge in [0.05, 0.1) is 0 Å². The van der Waals surface area contributed by atoms with Gasteiger partial charge in [-0.05, 0) is 27.2 Å². The van der Waals surface area contributed by atoms with Gasteiger partial charge in [-0.3, -0.25) is 0 Å². The Bertz CT molecular complexity index is 170. The van der Waals surface area contributed by atoms with Gasteiger partial charge in [-0.25, -0.2) is 0 Å². The Labute approximate surface area is 64.0 Å². The van der Waals surface area contributed by atoms with E-state index < -0.39 is 0 Å². The summed E-state index contributed by atoms with van der Waals surface area (Å²) in [5.41, 5.74) is 3.65. The molecule has 0 heteroatoms. The van der Waals surface area contributed by atoms with Gasteiger partial charge in [-0.1, -0.05) is 36.0 Å². The summed E-state index contributed by atoms with van der Waals surface area (Å²) in [6.07, 6.45) is 3.08. The van der Waals surface area contributed by atoms with Crippen LogP contribution in [-0.4, -0.2) is 0 Å². The molecular formula is C10H16. The third kappa shape index (κ3) is 5.36. The zero-order chi connectivity index (χ0) is 8.15. The van der Waals surface area contributed by atoms with Gasteiger partial charge in [0.15, 0.2) is 0 Å². The predicted octanol–water partition coefficient (Wildman–Crippen LogP) is 3.48. The van der Waals surface area contributed by atoms with Crippen LogP contribution in [-0.2, 0) is 0 Å². The minimum Gasteiger partial charge on any atom is -0.0998 e. The quantitative estimate of drug-likeness (QED) is 0.411. The van der Waals surface area contributed by atoms with Crippen LogP contribution >= 0.6 is 0 Å². The molecule has 0 rings (SSSR count). The lowest BCUT2D eigenvalue weighted by Gasteiger charge is -1.98. The van der Waals surface area contributed by atoms with Crippen molar-refractivity contribution in [3.8, 4) is 0 Å². The lowest BCUT2D eigenvalue weighted by Crippen LogP contribution is -1.78. The normalized spacial score (nSPS) is 11.3. The third-order valence-corrected chi connectivity index (χ3v) is 1.07. The van der Waals surface area contributed by atoms with Gasteiger partial charge in [0.2, 0.25) is 0 Å². The fourth-order valence-corrected chi connectivity index (χ4v) is 0.948. The third-order valence-electron chi connectivity index (χ3n) is 1.07. The number of hydrogen-bond acceptors (Lipinski definition) is 0. The summed E-state index contributed by atoms with van der Waals surface area (Å²) in [7, 11) is 0. The van der Waals surface area contributed by atoms with Crippen molar-refractivity contribution in [2.75, 3.05) is 0 Å². The monoisotopic (exact) mass is 136 g/mol. The highest BCUT2D eigenvalue weighted by molar-refractivity contribution is 5.20. The summed E-state index contributed by atoms with van der Waals surface area (Å²) >= 11 is 0. The summed E-state index contributed by atoms with van der Waals surface area (Å²) in [4.78, 5) is 0. The van der Waals surface area contributed by atoms with Crippen molar-refractivity contribution >= 4 is 0 Å². The van der Waals surface area contributed by atoms with E-state index in [2.05, 4.69) is 26.2 Å². The molecule has 0 amide bonds. The molecule has 0 nitrogen and oxygen atoms in total. The van der Waals surface area contributed by atoms with Crippen LogP contribution < -0.4 is 0 Å². The molecule has 0 aromatic rings. The summed E-state index contributed by atoms with van der Waals surface area (Å²) < 4.78 is 0. The van der Waals surface area contributed by atoms with Gasteiger partial charge in [-0.15, -0.1) is 0 Å². The van der Waals surface area contributed by atoms with Crippen LogP contribution in [0.4, 0.5) is 0 Å². The maximum absolute atomic E-state index is 3.83. The number of hydrogen-bond donors (Lipinski definition) is 0. The zero-order valence-corrected chi connectivity index (χ0v) is 7.20. The Morgan fingerprint density at radius 2 is 1.70 bits per heavy atom. The SMILES string of the molecule is C=C(C)/C=C(\C)CC(=C)C. The molecule has 10 heavy (non-hydrogen) atoms. The zero-order valence-electron chi connectivity index (χ0n) is 7.20. The first kappa shape index (κ1) is 9.22. The largest absolute Gasteiger partial charge is 0.0998 e. The van der Waals surface area contributed by atoms with Crippen molar-refractivity contribution in [3.05, 3.63) is 36.0 Å². The highest BCUT2D eigenvalue weighted by atomic mass is 13.9. The maximum Gasteiger partial charge on any atom is -0.0113 e. The average molecular weight is 136 g/mol. The van der Waals surface area contributed by atoms with Gasteiger partial charge >= 0.3 is 0 Å². The summed E-state index contributed by atoms with van der Waals surface area (Å²) in [5, 5.41) is 0. The Morgan fingerprint density at radius 3 is 2.00 bits per heavy atom. The van der Waals surface area contributed by atoms with Crippen molar-refractivity contribution in [3.63, 3.8) is 0 Å². The van der Waals surface area contributed by atoms with E-state index in [1.54, 1.807) is 0 Å². The van der Waals surface area contributed by atoms with E-state index in [1.165, 1.54) is 11.1 Å². The van der Waals surface area contributed by atoms with Crippen molar-refractivity contribution < 1.29 is 0 Å². The van der Waals surface area contributed by atoms with E-state index in [0.717, 1.165) is 12.0 Å². The Morgan fingerprint density at radius 1 is 1.20 bits per heavy atom. The molecule has 0 fully saturated rings. The molecule has 0 saturated carbocycles. The van der Waals surface area contributed by atoms with E-state index in [4.69, 9.17) is 0 Å². The number of rotatable bonds is 3. The molecule has 0 aliphatic rings. The van der Waals surface area contributed by atoms with Gasteiger partial charge in [-0.2, -0.15) is 0 Å². The molecule has 0 bridgehead atoms. The van der Waals surface area contributed by atoms with Crippen LogP contribution in [0.3, 0.4) is 0 Å². The van der Waals surface area contributed by atoms with Crippen molar-refractivity contribution in [2.45, 2.75) is 27.2 Å². The molecular weight excluding hydrogens is 120 g/mol. The van der Waals surface area contributed by atoms with Crippen molar-refractivity contribution in [1.82, 2.24) is 0 Å². The van der Waals surface area contributed by atoms with Crippen LogP contribution in [0.25, 0.3) is 0 Å². The lowest BCUT2D eigenvalue weighted by molar-refractivity contribution is 1.11. The first-order valence-electron chi connectivity index (χ1n) is 3.49. The average Bonchev–Trinajstić information content (AvgIpc) is 1.58. The van der Waals surface area contributed by atoms with Crippen LogP contribution in [0.5, 0.6) is 0 Å². The molecule has 56 valence electrons. The van der Waals surface area contributed by atoms with E-state index >= 15 is 0 Å². The topological polar surface area (TPSA) is 0 Å². The molecule has 0 aliphatic carbocycles. The first-order valence-corrected chi connectivity index (χ1v) is 3.49. The van der Waals surface area contributed by atoms with Gasteiger partial charge in [0.1, 0.15) is 0 Å². The summed E-state index contributed by atoms with van der Waals surface area (Å²) in [6, 6.07) is 0. The van der Waals surface area contributed by atoms with Crippen molar-refractivity contribution in [2.24, 2.45) is 0 Å². The Balaban J connectivity index is 3.95. The first-order chi connectivity index (χ1) is 4.52. The van der Waals surface area contributed by atoms with Gasteiger partial charge in [0.25, 0.3) is 0 Å². The Kier molecular flexibility index (Phi) is 3.78. The minimum atomic E-state index is 0.993. The summed E-state index contributed by atoms with van der Waals surface area (Å²) in [5.74, 6) is 0. The van der Waals surface area contributed by atoms with Crippen LogP contribution in [0, 0.1) is 0 Å². The van der Waals surface area contributed by atoms with E-state index in [0.29, 0.717) is 0 Å². The fraction of sp³-hybridized carbons (Fsp3) is 0.400. The van der Waals surface area contributed by atoms with Crippen LogP contribution in [0.1, 0.15) is 27.2 Å². The molecule has 0 aromatic carbocycles. The molecule has 0 saturated heterocycles. The molecule has 0 aliphatic heterocycles. The molecule has 0 radical (unpaired) electrons. The highest BCUT2D eigenvalue weighted by Crippen LogP contribution is 2.09. The smallest absolute Gasteiger partial charge is 0.0113 e. The van der Waals surface area contributed by atoms with Crippen molar-refractivity contribution in [1.29, 1.82) is 0 Å². The molecule has 0 aromatic heterocycles.